The molecule has 110 valence electrons. The molecular formula is C13H13ClN4O2S. The quantitative estimate of drug-likeness (QED) is 0.693. The lowest BCUT2D eigenvalue weighted by molar-refractivity contribution is 0.340. The number of rotatable bonds is 4. The topological polar surface area (TPSA) is 72.3 Å². The summed E-state index contributed by atoms with van der Waals surface area (Å²) >= 11 is 11.0. The van der Waals surface area contributed by atoms with Gasteiger partial charge in [0.15, 0.2) is 0 Å². The van der Waals surface area contributed by atoms with Gasteiger partial charge in [0, 0.05) is 10.6 Å². The maximum absolute atomic E-state index is 11.9. The second kappa shape index (κ2) is 6.64. The van der Waals surface area contributed by atoms with Gasteiger partial charge in [-0.15, -0.1) is 0 Å². The van der Waals surface area contributed by atoms with E-state index in [-0.39, 0.29) is 16.0 Å². The van der Waals surface area contributed by atoms with Crippen molar-refractivity contribution in [1.82, 2.24) is 14.9 Å². The van der Waals surface area contributed by atoms with Gasteiger partial charge >= 0.3 is 0 Å². The molecule has 0 aliphatic rings. The average molecular weight is 325 g/mol. The number of aromatic nitrogens is 3. The molecule has 6 nitrogen and oxygen atoms in total. The van der Waals surface area contributed by atoms with Crippen LogP contribution in [0.15, 0.2) is 28.1 Å². The van der Waals surface area contributed by atoms with Gasteiger partial charge in [-0.05, 0) is 44.3 Å². The molecule has 0 aliphatic heterocycles. The van der Waals surface area contributed by atoms with Crippen LogP contribution in [-0.2, 0) is 0 Å². The van der Waals surface area contributed by atoms with Gasteiger partial charge in [0.05, 0.1) is 12.8 Å². The van der Waals surface area contributed by atoms with E-state index in [0.29, 0.717) is 22.9 Å². The van der Waals surface area contributed by atoms with Crippen LogP contribution in [0.1, 0.15) is 18.2 Å². The molecule has 1 N–H and O–H groups in total. The zero-order valence-electron chi connectivity index (χ0n) is 11.5. The third-order valence-electron chi connectivity index (χ3n) is 2.60. The van der Waals surface area contributed by atoms with Crippen molar-refractivity contribution in [2.45, 2.75) is 13.8 Å². The fourth-order valence-corrected chi connectivity index (χ4v) is 1.96. The number of nitrogens with zero attached hydrogens (tertiary/aromatic N) is 3. The summed E-state index contributed by atoms with van der Waals surface area (Å²) in [7, 11) is 0. The Morgan fingerprint density at radius 2 is 2.33 bits per heavy atom. The minimum absolute atomic E-state index is 0.113. The largest absolute Gasteiger partial charge is 0.493 e. The number of halogens is 1. The lowest BCUT2D eigenvalue weighted by atomic mass is 10.2. The summed E-state index contributed by atoms with van der Waals surface area (Å²) in [5.41, 5.74) is 0.548. The number of hydrogen-bond donors (Lipinski definition) is 1. The van der Waals surface area contributed by atoms with E-state index < -0.39 is 0 Å². The second-order valence-electron chi connectivity index (χ2n) is 4.09. The molecule has 0 atom stereocenters. The van der Waals surface area contributed by atoms with Crippen molar-refractivity contribution >= 4 is 30.0 Å². The first-order valence-electron chi connectivity index (χ1n) is 6.18. The van der Waals surface area contributed by atoms with Gasteiger partial charge in [-0.2, -0.15) is 14.9 Å². The highest BCUT2D eigenvalue weighted by molar-refractivity contribution is 7.71. The van der Waals surface area contributed by atoms with E-state index in [9.17, 15) is 4.79 Å². The summed E-state index contributed by atoms with van der Waals surface area (Å²) in [4.78, 5) is 11.9. The Bertz CT molecular complexity index is 797. The molecule has 0 saturated heterocycles. The van der Waals surface area contributed by atoms with Crippen LogP contribution in [0.3, 0.4) is 0 Å². The van der Waals surface area contributed by atoms with Crippen molar-refractivity contribution in [3.63, 3.8) is 0 Å². The maximum atomic E-state index is 11.9. The molecule has 0 bridgehead atoms. The summed E-state index contributed by atoms with van der Waals surface area (Å²) < 4.78 is 6.66. The smallest absolute Gasteiger partial charge is 0.296 e. The highest BCUT2D eigenvalue weighted by Crippen LogP contribution is 2.21. The maximum Gasteiger partial charge on any atom is 0.296 e. The summed E-state index contributed by atoms with van der Waals surface area (Å²) in [6, 6.07) is 5.16. The monoisotopic (exact) mass is 324 g/mol. The molecule has 0 fully saturated rings. The number of ether oxygens (including phenoxy) is 1. The van der Waals surface area contributed by atoms with Crippen LogP contribution in [0.2, 0.25) is 5.02 Å². The van der Waals surface area contributed by atoms with E-state index in [2.05, 4.69) is 15.3 Å². The highest BCUT2D eigenvalue weighted by Gasteiger charge is 2.04. The molecule has 2 aromatic rings. The van der Waals surface area contributed by atoms with Crippen LogP contribution >= 0.6 is 23.8 Å². The normalized spacial score (nSPS) is 11.0. The molecule has 0 saturated carbocycles. The SMILES string of the molecule is CCOc1ccc(Cl)cc1/C=N\n1c(=S)[nH]nc(C)c1=O. The summed E-state index contributed by atoms with van der Waals surface area (Å²) in [6.45, 7) is 3.96. The van der Waals surface area contributed by atoms with Crippen LogP contribution in [0.25, 0.3) is 0 Å². The molecule has 0 spiro atoms. The Labute approximate surface area is 131 Å². The lowest BCUT2D eigenvalue weighted by Gasteiger charge is -2.07. The van der Waals surface area contributed by atoms with E-state index in [4.69, 9.17) is 28.6 Å². The van der Waals surface area contributed by atoms with E-state index in [0.717, 1.165) is 4.68 Å². The number of nitrogens with one attached hydrogen (secondary N) is 1. The number of hydrogen-bond acceptors (Lipinski definition) is 5. The van der Waals surface area contributed by atoms with Gasteiger partial charge in [-0.1, -0.05) is 11.6 Å². The zero-order valence-corrected chi connectivity index (χ0v) is 13.0. The van der Waals surface area contributed by atoms with Gasteiger partial charge in [0.2, 0.25) is 4.77 Å². The molecular weight excluding hydrogens is 312 g/mol. The first-order valence-corrected chi connectivity index (χ1v) is 6.96. The van der Waals surface area contributed by atoms with Crippen LogP contribution in [0.4, 0.5) is 0 Å². The van der Waals surface area contributed by atoms with Crippen LogP contribution < -0.4 is 10.3 Å². The first-order chi connectivity index (χ1) is 10.0. The minimum Gasteiger partial charge on any atom is -0.493 e. The highest BCUT2D eigenvalue weighted by atomic mass is 35.5. The van der Waals surface area contributed by atoms with Crippen molar-refractivity contribution in [1.29, 1.82) is 0 Å². The Kier molecular flexibility index (Phi) is 4.87. The van der Waals surface area contributed by atoms with Gasteiger partial charge < -0.3 is 4.74 Å². The van der Waals surface area contributed by atoms with Crippen molar-refractivity contribution in [2.24, 2.45) is 5.10 Å². The Balaban J connectivity index is 2.47. The van der Waals surface area contributed by atoms with Crippen molar-refractivity contribution in [3.8, 4) is 5.75 Å². The molecule has 0 aliphatic carbocycles. The standard InChI is InChI=1S/C13H13ClN4O2S/c1-3-20-11-5-4-10(14)6-9(11)7-15-18-12(19)8(2)16-17-13(18)21/h4-7H,3H2,1-2H3,(H,17,21)/b15-7-. The predicted octanol–water partition coefficient (Wildman–Crippen LogP) is 2.54. The van der Waals surface area contributed by atoms with Crippen LogP contribution in [0, 0.1) is 11.7 Å². The lowest BCUT2D eigenvalue weighted by Crippen LogP contribution is -2.22. The number of benzene rings is 1. The van der Waals surface area contributed by atoms with Gasteiger partial charge in [-0.3, -0.25) is 9.89 Å². The van der Waals surface area contributed by atoms with E-state index in [1.54, 1.807) is 25.1 Å². The fourth-order valence-electron chi connectivity index (χ4n) is 1.60. The summed E-state index contributed by atoms with van der Waals surface area (Å²) in [5, 5.41) is 11.0. The third-order valence-corrected chi connectivity index (χ3v) is 3.10. The van der Waals surface area contributed by atoms with Crippen LogP contribution in [0.5, 0.6) is 5.75 Å². The second-order valence-corrected chi connectivity index (χ2v) is 4.91. The third kappa shape index (κ3) is 3.56. The van der Waals surface area contributed by atoms with E-state index in [1.807, 2.05) is 6.92 Å². The molecule has 1 aromatic carbocycles. The van der Waals surface area contributed by atoms with Crippen molar-refractivity contribution < 1.29 is 4.74 Å². The first kappa shape index (κ1) is 15.4. The fraction of sp³-hybridized carbons (Fsp3) is 0.231. The van der Waals surface area contributed by atoms with Crippen molar-refractivity contribution in [2.75, 3.05) is 6.61 Å². The molecule has 0 unspecified atom stereocenters. The Morgan fingerprint density at radius 1 is 1.57 bits per heavy atom. The van der Waals surface area contributed by atoms with Gasteiger partial charge in [-0.25, -0.2) is 0 Å². The average Bonchev–Trinajstić information content (AvgIpc) is 2.46. The van der Waals surface area contributed by atoms with E-state index >= 15 is 0 Å². The molecule has 0 radical (unpaired) electrons. The van der Waals surface area contributed by atoms with Gasteiger partial charge in [0.1, 0.15) is 11.4 Å². The van der Waals surface area contributed by atoms with E-state index in [1.165, 1.54) is 6.21 Å². The summed E-state index contributed by atoms with van der Waals surface area (Å²) in [5.74, 6) is 0.624. The predicted molar refractivity (Wildman–Crippen MR) is 84.0 cm³/mol. The minimum atomic E-state index is -0.380. The number of aromatic amines is 1. The molecule has 1 heterocycles. The molecule has 0 amide bonds. The molecule has 1 aromatic heterocycles. The van der Waals surface area contributed by atoms with Gasteiger partial charge in [0.25, 0.3) is 5.56 Å². The number of H-pyrrole nitrogens is 1. The molecule has 21 heavy (non-hydrogen) atoms. The molecule has 2 rings (SSSR count). The Hall–Kier alpha value is -1.99. The van der Waals surface area contributed by atoms with Crippen LogP contribution in [-0.4, -0.2) is 27.7 Å². The molecule has 8 heteroatoms. The Morgan fingerprint density at radius 3 is 3.05 bits per heavy atom. The summed E-state index contributed by atoms with van der Waals surface area (Å²) in [6.07, 6.45) is 1.47. The number of aryl methyl sites for hydroxylation is 1. The van der Waals surface area contributed by atoms with Crippen molar-refractivity contribution in [3.05, 3.63) is 49.6 Å². The zero-order chi connectivity index (χ0) is 15.4.